The molecular formula is C12H18N2O4. The zero-order chi connectivity index (χ0) is 13.7. The van der Waals surface area contributed by atoms with Crippen molar-refractivity contribution in [2.45, 2.75) is 38.4 Å². The van der Waals surface area contributed by atoms with Crippen LogP contribution in [-0.4, -0.2) is 19.8 Å². The predicted octanol–water partition coefficient (Wildman–Crippen LogP) is 0.0686. The summed E-state index contributed by atoms with van der Waals surface area (Å²) in [5, 5.41) is 10.4. The SMILES string of the molecule is CCC1(CC)Oc2c(c(=O)n(C)c(=O)n2C)C1O. The number of rotatable bonds is 2. The Morgan fingerprint density at radius 1 is 1.22 bits per heavy atom. The Labute approximate surface area is 104 Å². The highest BCUT2D eigenvalue weighted by molar-refractivity contribution is 5.35. The third-order valence-electron chi connectivity index (χ3n) is 3.91. The molecule has 6 heteroatoms. The molecule has 0 aliphatic carbocycles. The molecule has 0 bridgehead atoms. The summed E-state index contributed by atoms with van der Waals surface area (Å²) in [5.41, 5.74) is -1.55. The molecule has 1 atom stereocenters. The molecule has 1 aliphatic rings. The Hall–Kier alpha value is -1.56. The Morgan fingerprint density at radius 3 is 2.28 bits per heavy atom. The van der Waals surface area contributed by atoms with Crippen molar-refractivity contribution in [3.05, 3.63) is 26.4 Å². The van der Waals surface area contributed by atoms with E-state index in [1.54, 1.807) is 0 Å². The van der Waals surface area contributed by atoms with Gasteiger partial charge in [-0.05, 0) is 12.8 Å². The molecule has 1 aromatic heterocycles. The smallest absolute Gasteiger partial charge is 0.333 e. The first-order valence-corrected chi connectivity index (χ1v) is 6.06. The number of aliphatic hydroxyl groups excluding tert-OH is 1. The van der Waals surface area contributed by atoms with Crippen molar-refractivity contribution >= 4 is 0 Å². The van der Waals surface area contributed by atoms with Crippen molar-refractivity contribution in [3.8, 4) is 5.88 Å². The minimum Gasteiger partial charge on any atom is -0.469 e. The lowest BCUT2D eigenvalue weighted by Crippen LogP contribution is -2.39. The van der Waals surface area contributed by atoms with E-state index < -0.39 is 23.0 Å². The summed E-state index contributed by atoms with van der Waals surface area (Å²) in [6.07, 6.45) is 0.140. The van der Waals surface area contributed by atoms with Crippen molar-refractivity contribution < 1.29 is 9.84 Å². The van der Waals surface area contributed by atoms with Gasteiger partial charge >= 0.3 is 5.69 Å². The van der Waals surface area contributed by atoms with E-state index in [-0.39, 0.29) is 11.4 Å². The lowest BCUT2D eigenvalue weighted by atomic mass is 9.89. The van der Waals surface area contributed by atoms with Gasteiger partial charge in [-0.2, -0.15) is 0 Å². The molecule has 1 unspecified atom stereocenters. The molecule has 0 fully saturated rings. The summed E-state index contributed by atoms with van der Waals surface area (Å²) in [7, 11) is 2.93. The second kappa shape index (κ2) is 3.98. The van der Waals surface area contributed by atoms with Crippen molar-refractivity contribution in [3.63, 3.8) is 0 Å². The normalized spacial score (nSPS) is 20.6. The summed E-state index contributed by atoms with van der Waals surface area (Å²) in [6, 6.07) is 0. The fourth-order valence-electron chi connectivity index (χ4n) is 2.50. The molecule has 0 aromatic carbocycles. The fourth-order valence-corrected chi connectivity index (χ4v) is 2.50. The highest BCUT2D eigenvalue weighted by Gasteiger charge is 2.48. The van der Waals surface area contributed by atoms with Crippen LogP contribution >= 0.6 is 0 Å². The Bertz CT molecular complexity index is 595. The van der Waals surface area contributed by atoms with Gasteiger partial charge in [0.2, 0.25) is 5.88 Å². The van der Waals surface area contributed by atoms with E-state index in [9.17, 15) is 14.7 Å². The van der Waals surface area contributed by atoms with Gasteiger partial charge in [0.1, 0.15) is 17.3 Å². The van der Waals surface area contributed by atoms with Crippen LogP contribution in [0.25, 0.3) is 0 Å². The number of ether oxygens (including phenoxy) is 1. The van der Waals surface area contributed by atoms with E-state index in [4.69, 9.17) is 4.74 Å². The Morgan fingerprint density at radius 2 is 1.78 bits per heavy atom. The van der Waals surface area contributed by atoms with Crippen LogP contribution in [0.1, 0.15) is 38.4 Å². The standard InChI is InChI=1S/C12H18N2O4/c1-5-12(6-2)8(15)7-9(16)13(3)11(17)14(4)10(7)18-12/h8,15H,5-6H2,1-4H3. The Kier molecular flexibility index (Phi) is 2.85. The second-order valence-corrected chi connectivity index (χ2v) is 4.70. The van der Waals surface area contributed by atoms with Crippen molar-refractivity contribution in [1.82, 2.24) is 9.13 Å². The predicted molar refractivity (Wildman–Crippen MR) is 65.8 cm³/mol. The summed E-state index contributed by atoms with van der Waals surface area (Å²) >= 11 is 0. The number of hydrogen-bond donors (Lipinski definition) is 1. The third-order valence-corrected chi connectivity index (χ3v) is 3.91. The van der Waals surface area contributed by atoms with E-state index in [0.717, 1.165) is 4.57 Å². The van der Waals surface area contributed by atoms with Crippen LogP contribution < -0.4 is 16.0 Å². The Balaban J connectivity index is 2.78. The molecule has 100 valence electrons. The minimum absolute atomic E-state index is 0.184. The van der Waals surface area contributed by atoms with Crippen LogP contribution in [0.2, 0.25) is 0 Å². The van der Waals surface area contributed by atoms with Crippen LogP contribution in [-0.2, 0) is 14.1 Å². The van der Waals surface area contributed by atoms with Crippen LogP contribution in [0.4, 0.5) is 0 Å². The van der Waals surface area contributed by atoms with Crippen molar-refractivity contribution in [2.24, 2.45) is 14.1 Å². The number of aliphatic hydroxyl groups is 1. The summed E-state index contributed by atoms with van der Waals surface area (Å²) in [6.45, 7) is 3.78. The fraction of sp³-hybridized carbons (Fsp3) is 0.667. The van der Waals surface area contributed by atoms with Gasteiger partial charge in [-0.3, -0.25) is 13.9 Å². The number of hydrogen-bond acceptors (Lipinski definition) is 4. The minimum atomic E-state index is -0.993. The highest BCUT2D eigenvalue weighted by Crippen LogP contribution is 2.44. The molecule has 1 aliphatic heterocycles. The molecular weight excluding hydrogens is 236 g/mol. The van der Waals surface area contributed by atoms with Gasteiger partial charge in [0, 0.05) is 14.1 Å². The topological polar surface area (TPSA) is 73.5 Å². The first-order valence-electron chi connectivity index (χ1n) is 6.06. The van der Waals surface area contributed by atoms with Crippen LogP contribution in [0.15, 0.2) is 9.59 Å². The average Bonchev–Trinajstić information content (AvgIpc) is 2.68. The van der Waals surface area contributed by atoms with Crippen LogP contribution in [0.3, 0.4) is 0 Å². The third kappa shape index (κ3) is 1.38. The quantitative estimate of drug-likeness (QED) is 0.810. The molecule has 6 nitrogen and oxygen atoms in total. The lowest BCUT2D eigenvalue weighted by molar-refractivity contribution is -0.0367. The molecule has 0 amide bonds. The van der Waals surface area contributed by atoms with Gasteiger partial charge in [-0.15, -0.1) is 0 Å². The number of nitrogens with zero attached hydrogens (tertiary/aromatic N) is 2. The second-order valence-electron chi connectivity index (χ2n) is 4.70. The van der Waals surface area contributed by atoms with Gasteiger partial charge in [-0.25, -0.2) is 4.79 Å². The van der Waals surface area contributed by atoms with E-state index >= 15 is 0 Å². The molecule has 0 saturated carbocycles. The summed E-state index contributed by atoms with van der Waals surface area (Å²) < 4.78 is 8.02. The zero-order valence-corrected chi connectivity index (χ0v) is 11.1. The average molecular weight is 254 g/mol. The molecule has 1 aromatic rings. The van der Waals surface area contributed by atoms with Gasteiger partial charge in [0.15, 0.2) is 0 Å². The maximum atomic E-state index is 12.1. The van der Waals surface area contributed by atoms with Crippen molar-refractivity contribution in [2.75, 3.05) is 0 Å². The molecule has 2 heterocycles. The monoisotopic (exact) mass is 254 g/mol. The van der Waals surface area contributed by atoms with E-state index in [0.29, 0.717) is 12.8 Å². The summed E-state index contributed by atoms with van der Waals surface area (Å²) in [4.78, 5) is 23.9. The maximum absolute atomic E-state index is 12.1. The summed E-state index contributed by atoms with van der Waals surface area (Å²) in [5.74, 6) is 0.194. The van der Waals surface area contributed by atoms with Gasteiger partial charge < -0.3 is 9.84 Å². The number of aromatic nitrogens is 2. The van der Waals surface area contributed by atoms with Crippen molar-refractivity contribution in [1.29, 1.82) is 0 Å². The van der Waals surface area contributed by atoms with E-state index in [2.05, 4.69) is 0 Å². The van der Waals surface area contributed by atoms with Crippen LogP contribution in [0, 0.1) is 0 Å². The molecule has 2 rings (SSSR count). The first-order chi connectivity index (χ1) is 8.39. The number of fused-ring (bicyclic) bond motifs is 1. The zero-order valence-electron chi connectivity index (χ0n) is 11.1. The molecule has 0 spiro atoms. The first kappa shape index (κ1) is 12.9. The van der Waals surface area contributed by atoms with E-state index in [1.165, 1.54) is 18.7 Å². The maximum Gasteiger partial charge on any atom is 0.333 e. The van der Waals surface area contributed by atoms with E-state index in [1.807, 2.05) is 13.8 Å². The van der Waals surface area contributed by atoms with Gasteiger partial charge in [0.05, 0.1) is 0 Å². The lowest BCUT2D eigenvalue weighted by Gasteiger charge is -2.29. The van der Waals surface area contributed by atoms with Crippen LogP contribution in [0.5, 0.6) is 5.88 Å². The van der Waals surface area contributed by atoms with Gasteiger partial charge in [-0.1, -0.05) is 13.8 Å². The molecule has 1 N–H and O–H groups in total. The largest absolute Gasteiger partial charge is 0.469 e. The highest BCUT2D eigenvalue weighted by atomic mass is 16.5. The molecule has 0 radical (unpaired) electrons. The molecule has 0 saturated heterocycles. The molecule has 18 heavy (non-hydrogen) atoms. The van der Waals surface area contributed by atoms with Gasteiger partial charge in [0.25, 0.3) is 5.56 Å².